The van der Waals surface area contributed by atoms with E-state index in [2.05, 4.69) is 10.1 Å². The summed E-state index contributed by atoms with van der Waals surface area (Å²) < 4.78 is 1.49. The van der Waals surface area contributed by atoms with Crippen molar-refractivity contribution in [3.63, 3.8) is 0 Å². The minimum absolute atomic E-state index is 0.00734. The number of aliphatic carboxylic acids is 1. The summed E-state index contributed by atoms with van der Waals surface area (Å²) >= 11 is 0. The highest BCUT2D eigenvalue weighted by atomic mass is 16.4. The van der Waals surface area contributed by atoms with E-state index in [1.54, 1.807) is 6.20 Å². The molecule has 3 rings (SSSR count). The number of hydrogen-bond donors (Lipinski definition) is 2. The zero-order valence-electron chi connectivity index (χ0n) is 10.4. The second kappa shape index (κ2) is 4.57. The van der Waals surface area contributed by atoms with Crippen LogP contribution < -0.4 is 0 Å². The van der Waals surface area contributed by atoms with Gasteiger partial charge in [-0.05, 0) is 0 Å². The highest BCUT2D eigenvalue weighted by molar-refractivity contribution is 6.02. The molecule has 0 saturated carbocycles. The third-order valence-corrected chi connectivity index (χ3v) is 3.38. The molecule has 8 nitrogen and oxygen atoms in total. The molecule has 3 heterocycles. The second-order valence-corrected chi connectivity index (χ2v) is 4.67. The predicted molar refractivity (Wildman–Crippen MR) is 66.1 cm³/mol. The van der Waals surface area contributed by atoms with E-state index in [-0.39, 0.29) is 18.5 Å². The van der Waals surface area contributed by atoms with Crippen molar-refractivity contribution in [3.05, 3.63) is 30.4 Å². The molecule has 8 heteroatoms. The van der Waals surface area contributed by atoms with E-state index in [9.17, 15) is 14.7 Å². The molecule has 1 saturated heterocycles. The number of aliphatic hydroxyl groups is 1. The van der Waals surface area contributed by atoms with Crippen LogP contribution in [0.4, 0.5) is 0 Å². The van der Waals surface area contributed by atoms with Gasteiger partial charge < -0.3 is 15.1 Å². The normalized spacial score (nSPS) is 22.4. The van der Waals surface area contributed by atoms with Crippen LogP contribution in [0.3, 0.4) is 0 Å². The topological polar surface area (TPSA) is 108 Å². The molecule has 1 amide bonds. The van der Waals surface area contributed by atoms with Crippen LogP contribution in [0.5, 0.6) is 0 Å². The number of β-amino-alcohol motifs (C(OH)–C–C–N with tert-alkyl or cyclic N) is 1. The largest absolute Gasteiger partial charge is 0.480 e. The zero-order valence-corrected chi connectivity index (χ0v) is 10.4. The van der Waals surface area contributed by atoms with Crippen LogP contribution in [0.15, 0.2) is 24.8 Å². The molecule has 104 valence electrons. The fourth-order valence-corrected chi connectivity index (χ4v) is 2.43. The third kappa shape index (κ3) is 1.90. The van der Waals surface area contributed by atoms with Crippen molar-refractivity contribution in [2.75, 3.05) is 6.54 Å². The standard InChI is InChI=1S/C12H12N4O4/c17-7-3-9(12(19)20)15(6-7)11(18)8-4-14-16-2-1-13-5-10(8)16/h1-2,4-5,7,9,17H,3,6H2,(H,19,20)/t7-,9-/m0/s1. The molecule has 1 aliphatic rings. The number of carbonyl (C=O) groups excluding carboxylic acids is 1. The molecule has 0 spiro atoms. The minimum atomic E-state index is -1.12. The van der Waals surface area contributed by atoms with Crippen molar-refractivity contribution >= 4 is 17.4 Å². The summed E-state index contributed by atoms with van der Waals surface area (Å²) in [5.41, 5.74) is 0.779. The monoisotopic (exact) mass is 276 g/mol. The average molecular weight is 276 g/mol. The van der Waals surface area contributed by atoms with Gasteiger partial charge >= 0.3 is 5.97 Å². The summed E-state index contributed by atoms with van der Waals surface area (Å²) in [6.45, 7) is 0.00734. The van der Waals surface area contributed by atoms with Crippen LogP contribution in [0.2, 0.25) is 0 Å². The van der Waals surface area contributed by atoms with Gasteiger partial charge in [0.05, 0.1) is 29.6 Å². The van der Waals surface area contributed by atoms with Crippen LogP contribution in [-0.2, 0) is 4.79 Å². The van der Waals surface area contributed by atoms with Crippen LogP contribution in [0.25, 0.3) is 5.52 Å². The van der Waals surface area contributed by atoms with Gasteiger partial charge in [0.1, 0.15) is 6.04 Å². The Morgan fingerprint density at radius 2 is 2.15 bits per heavy atom. The fourth-order valence-electron chi connectivity index (χ4n) is 2.43. The van der Waals surface area contributed by atoms with Crippen LogP contribution >= 0.6 is 0 Å². The van der Waals surface area contributed by atoms with E-state index < -0.39 is 24.0 Å². The number of carboxylic acids is 1. The van der Waals surface area contributed by atoms with Crippen molar-refractivity contribution in [1.82, 2.24) is 19.5 Å². The number of rotatable bonds is 2. The van der Waals surface area contributed by atoms with E-state index in [0.29, 0.717) is 5.52 Å². The minimum Gasteiger partial charge on any atom is -0.480 e. The third-order valence-electron chi connectivity index (χ3n) is 3.38. The molecule has 0 bridgehead atoms. The summed E-state index contributed by atoms with van der Waals surface area (Å²) in [6, 6.07) is -1.01. The number of likely N-dealkylation sites (tertiary alicyclic amines) is 1. The Morgan fingerprint density at radius 3 is 2.90 bits per heavy atom. The number of aromatic nitrogens is 3. The SMILES string of the molecule is O=C(O)[C@@H]1C[C@H](O)CN1C(=O)c1cnn2ccncc12. The van der Waals surface area contributed by atoms with Crippen molar-refractivity contribution in [2.24, 2.45) is 0 Å². The molecule has 2 N–H and O–H groups in total. The Morgan fingerprint density at radius 1 is 1.35 bits per heavy atom. The Labute approximate surface area is 113 Å². The van der Waals surface area contributed by atoms with Crippen LogP contribution in [0.1, 0.15) is 16.8 Å². The van der Waals surface area contributed by atoms with Gasteiger partial charge in [-0.1, -0.05) is 0 Å². The maximum Gasteiger partial charge on any atom is 0.326 e. The first kappa shape index (κ1) is 12.5. The second-order valence-electron chi connectivity index (χ2n) is 4.67. The van der Waals surface area contributed by atoms with E-state index in [1.165, 1.54) is 23.1 Å². The predicted octanol–water partition coefficient (Wildman–Crippen LogP) is -0.611. The number of hydrogen-bond acceptors (Lipinski definition) is 5. The number of carbonyl (C=O) groups is 2. The Hall–Kier alpha value is -2.48. The molecule has 0 aromatic carbocycles. The maximum atomic E-state index is 12.5. The molecular weight excluding hydrogens is 264 g/mol. The summed E-state index contributed by atoms with van der Waals surface area (Å²) in [5, 5.41) is 22.7. The Balaban J connectivity index is 1.98. The summed E-state index contributed by atoms with van der Waals surface area (Å²) in [6.07, 6.45) is 5.22. The lowest BCUT2D eigenvalue weighted by Crippen LogP contribution is -2.40. The summed E-state index contributed by atoms with van der Waals surface area (Å²) in [5.74, 6) is -1.58. The molecule has 2 aromatic rings. The first-order chi connectivity index (χ1) is 9.58. The van der Waals surface area contributed by atoms with Gasteiger partial charge in [0.2, 0.25) is 0 Å². The molecule has 0 unspecified atom stereocenters. The molecule has 2 aromatic heterocycles. The van der Waals surface area contributed by atoms with E-state index in [0.717, 1.165) is 4.90 Å². The molecular formula is C12H12N4O4. The molecule has 20 heavy (non-hydrogen) atoms. The maximum absolute atomic E-state index is 12.5. The molecule has 0 radical (unpaired) electrons. The van der Waals surface area contributed by atoms with Crippen LogP contribution in [-0.4, -0.2) is 60.3 Å². The fraction of sp³-hybridized carbons (Fsp3) is 0.333. The molecule has 2 atom stereocenters. The molecule has 1 aliphatic heterocycles. The van der Waals surface area contributed by atoms with Gasteiger partial charge in [-0.15, -0.1) is 0 Å². The zero-order chi connectivity index (χ0) is 14.3. The summed E-state index contributed by atoms with van der Waals surface area (Å²) in [7, 11) is 0. The highest BCUT2D eigenvalue weighted by Crippen LogP contribution is 2.22. The number of fused-ring (bicyclic) bond motifs is 1. The van der Waals surface area contributed by atoms with Crippen molar-refractivity contribution in [1.29, 1.82) is 0 Å². The lowest BCUT2D eigenvalue weighted by Gasteiger charge is -2.20. The average Bonchev–Trinajstić information content (AvgIpc) is 3.01. The van der Waals surface area contributed by atoms with Gasteiger partial charge in [-0.25, -0.2) is 9.31 Å². The Kier molecular flexibility index (Phi) is 2.87. The van der Waals surface area contributed by atoms with Gasteiger partial charge in [0.15, 0.2) is 0 Å². The van der Waals surface area contributed by atoms with E-state index in [1.807, 2.05) is 0 Å². The van der Waals surface area contributed by atoms with Crippen molar-refractivity contribution in [3.8, 4) is 0 Å². The van der Waals surface area contributed by atoms with Crippen LogP contribution in [0, 0.1) is 0 Å². The van der Waals surface area contributed by atoms with E-state index >= 15 is 0 Å². The lowest BCUT2D eigenvalue weighted by molar-refractivity contribution is -0.141. The van der Waals surface area contributed by atoms with Gasteiger partial charge in [0.25, 0.3) is 5.91 Å². The lowest BCUT2D eigenvalue weighted by atomic mass is 10.2. The van der Waals surface area contributed by atoms with Gasteiger partial charge in [-0.3, -0.25) is 9.78 Å². The summed E-state index contributed by atoms with van der Waals surface area (Å²) in [4.78, 5) is 28.7. The van der Waals surface area contributed by atoms with Crippen molar-refractivity contribution in [2.45, 2.75) is 18.6 Å². The number of amides is 1. The quantitative estimate of drug-likeness (QED) is 0.757. The van der Waals surface area contributed by atoms with Crippen molar-refractivity contribution < 1.29 is 19.8 Å². The smallest absolute Gasteiger partial charge is 0.326 e. The Bertz CT molecular complexity index is 683. The number of nitrogens with zero attached hydrogens (tertiary/aromatic N) is 4. The molecule has 0 aliphatic carbocycles. The van der Waals surface area contributed by atoms with E-state index in [4.69, 9.17) is 5.11 Å². The first-order valence-corrected chi connectivity index (χ1v) is 6.07. The van der Waals surface area contributed by atoms with Gasteiger partial charge in [0, 0.05) is 25.4 Å². The first-order valence-electron chi connectivity index (χ1n) is 6.07. The number of carboxylic acid groups (broad SMARTS) is 1. The van der Waals surface area contributed by atoms with Gasteiger partial charge in [-0.2, -0.15) is 5.10 Å². The number of aliphatic hydroxyl groups excluding tert-OH is 1. The highest BCUT2D eigenvalue weighted by Gasteiger charge is 2.39. The molecule has 1 fully saturated rings.